The second kappa shape index (κ2) is 6.07. The van der Waals surface area contributed by atoms with E-state index in [9.17, 15) is 4.39 Å². The summed E-state index contributed by atoms with van der Waals surface area (Å²) in [5, 5.41) is 0.727. The maximum atomic E-state index is 14.3. The van der Waals surface area contributed by atoms with Crippen LogP contribution in [0, 0.1) is 5.82 Å². The van der Waals surface area contributed by atoms with Crippen molar-refractivity contribution in [3.63, 3.8) is 0 Å². The average molecular weight is 305 g/mol. The van der Waals surface area contributed by atoms with Crippen LogP contribution in [0.4, 0.5) is 4.39 Å². The van der Waals surface area contributed by atoms with E-state index in [1.54, 1.807) is 6.07 Å². The van der Waals surface area contributed by atoms with Gasteiger partial charge in [-0.2, -0.15) is 0 Å². The van der Waals surface area contributed by atoms with Crippen LogP contribution < -0.4 is 4.74 Å². The molecule has 0 amide bonds. The van der Waals surface area contributed by atoms with E-state index in [2.05, 4.69) is 6.92 Å². The molecule has 0 N–H and O–H groups in total. The van der Waals surface area contributed by atoms with Crippen molar-refractivity contribution in [2.75, 3.05) is 6.61 Å². The van der Waals surface area contributed by atoms with Gasteiger partial charge in [0.05, 0.1) is 6.61 Å². The Labute approximate surface area is 129 Å². The van der Waals surface area contributed by atoms with Gasteiger partial charge in [-0.05, 0) is 54.5 Å². The van der Waals surface area contributed by atoms with Crippen LogP contribution in [0.5, 0.6) is 5.75 Å². The van der Waals surface area contributed by atoms with Crippen molar-refractivity contribution < 1.29 is 9.13 Å². The molecule has 1 atom stereocenters. The van der Waals surface area contributed by atoms with Gasteiger partial charge in [0.25, 0.3) is 0 Å². The maximum absolute atomic E-state index is 14.3. The highest BCUT2D eigenvalue weighted by Gasteiger charge is 2.27. The highest BCUT2D eigenvalue weighted by Crippen LogP contribution is 2.40. The van der Waals surface area contributed by atoms with Crippen LogP contribution in [0.1, 0.15) is 36.0 Å². The second-order valence-electron chi connectivity index (χ2n) is 5.47. The Morgan fingerprint density at radius 3 is 2.67 bits per heavy atom. The Bertz CT molecular complexity index is 636. The van der Waals surface area contributed by atoms with Crippen LogP contribution in [0.25, 0.3) is 0 Å². The molecule has 0 radical (unpaired) electrons. The van der Waals surface area contributed by atoms with Gasteiger partial charge in [-0.15, -0.1) is 0 Å². The van der Waals surface area contributed by atoms with Crippen molar-refractivity contribution in [2.24, 2.45) is 0 Å². The molecule has 0 spiro atoms. The van der Waals surface area contributed by atoms with Crippen LogP contribution in [-0.4, -0.2) is 6.61 Å². The average Bonchev–Trinajstić information content (AvgIpc) is 2.50. The van der Waals surface area contributed by atoms with E-state index in [4.69, 9.17) is 16.3 Å². The standard InChI is InChI=1S/C18H18ClFO/c1-2-13-5-8-16(20)17-14(9-10-21-18(13)17)11-12-3-6-15(19)7-4-12/h3-8,14H,2,9-11H2,1H3/t14-/m0/s1. The number of ether oxygens (including phenoxy) is 1. The minimum atomic E-state index is -0.152. The fourth-order valence-electron chi connectivity index (χ4n) is 3.01. The van der Waals surface area contributed by atoms with Gasteiger partial charge < -0.3 is 4.74 Å². The van der Waals surface area contributed by atoms with Gasteiger partial charge in [-0.1, -0.05) is 36.7 Å². The summed E-state index contributed by atoms with van der Waals surface area (Å²) in [7, 11) is 0. The summed E-state index contributed by atoms with van der Waals surface area (Å²) in [5.41, 5.74) is 3.02. The van der Waals surface area contributed by atoms with Gasteiger partial charge in [0.2, 0.25) is 0 Å². The summed E-state index contributed by atoms with van der Waals surface area (Å²) in [6.45, 7) is 2.72. The van der Waals surface area contributed by atoms with Crippen LogP contribution in [0.3, 0.4) is 0 Å². The molecule has 3 rings (SSSR count). The molecule has 2 aromatic rings. The van der Waals surface area contributed by atoms with Gasteiger partial charge in [-0.3, -0.25) is 0 Å². The lowest BCUT2D eigenvalue weighted by Crippen LogP contribution is -2.19. The molecule has 3 heteroatoms. The molecule has 1 aliphatic heterocycles. The van der Waals surface area contributed by atoms with Crippen molar-refractivity contribution in [3.05, 3.63) is 63.9 Å². The zero-order valence-electron chi connectivity index (χ0n) is 12.0. The van der Waals surface area contributed by atoms with Gasteiger partial charge in [0.15, 0.2) is 0 Å². The van der Waals surface area contributed by atoms with Crippen molar-refractivity contribution in [1.82, 2.24) is 0 Å². The molecule has 0 aromatic heterocycles. The Morgan fingerprint density at radius 1 is 1.19 bits per heavy atom. The van der Waals surface area contributed by atoms with Crippen LogP contribution in [-0.2, 0) is 12.8 Å². The molecule has 0 fully saturated rings. The summed E-state index contributed by atoms with van der Waals surface area (Å²) >= 11 is 5.92. The van der Waals surface area contributed by atoms with Gasteiger partial charge in [0, 0.05) is 10.6 Å². The van der Waals surface area contributed by atoms with Crippen molar-refractivity contribution in [1.29, 1.82) is 0 Å². The molecule has 0 saturated carbocycles. The molecule has 0 saturated heterocycles. The zero-order chi connectivity index (χ0) is 14.8. The molecule has 1 heterocycles. The molecule has 110 valence electrons. The fraction of sp³-hybridized carbons (Fsp3) is 0.333. The van der Waals surface area contributed by atoms with Crippen molar-refractivity contribution in [2.45, 2.75) is 32.1 Å². The van der Waals surface area contributed by atoms with Crippen LogP contribution in [0.15, 0.2) is 36.4 Å². The van der Waals surface area contributed by atoms with E-state index in [1.807, 2.05) is 30.3 Å². The second-order valence-corrected chi connectivity index (χ2v) is 5.90. The first-order valence-corrected chi connectivity index (χ1v) is 7.75. The lowest BCUT2D eigenvalue weighted by atomic mass is 9.85. The third-order valence-electron chi connectivity index (χ3n) is 4.12. The van der Waals surface area contributed by atoms with E-state index in [1.165, 1.54) is 5.56 Å². The number of benzene rings is 2. The first-order chi connectivity index (χ1) is 10.2. The number of hydrogen-bond acceptors (Lipinski definition) is 1. The maximum Gasteiger partial charge on any atom is 0.130 e. The number of aryl methyl sites for hydroxylation is 1. The first-order valence-electron chi connectivity index (χ1n) is 7.37. The summed E-state index contributed by atoms with van der Waals surface area (Å²) in [4.78, 5) is 0. The fourth-order valence-corrected chi connectivity index (χ4v) is 3.13. The monoisotopic (exact) mass is 304 g/mol. The molecule has 0 bridgehead atoms. The van der Waals surface area contributed by atoms with E-state index in [0.717, 1.165) is 41.2 Å². The third-order valence-corrected chi connectivity index (χ3v) is 4.37. The molecular weight excluding hydrogens is 287 g/mol. The SMILES string of the molecule is CCc1ccc(F)c2c1OCC[C@H]2Cc1ccc(Cl)cc1. The largest absolute Gasteiger partial charge is 0.493 e. The Morgan fingerprint density at radius 2 is 1.95 bits per heavy atom. The van der Waals surface area contributed by atoms with Crippen molar-refractivity contribution >= 4 is 11.6 Å². The quantitative estimate of drug-likeness (QED) is 0.762. The normalized spacial score (nSPS) is 17.2. The van der Waals surface area contributed by atoms with Crippen molar-refractivity contribution in [3.8, 4) is 5.75 Å². The Kier molecular flexibility index (Phi) is 4.16. The Balaban J connectivity index is 1.94. The number of rotatable bonds is 3. The predicted molar refractivity (Wildman–Crippen MR) is 83.8 cm³/mol. The highest BCUT2D eigenvalue weighted by molar-refractivity contribution is 6.30. The summed E-state index contributed by atoms with van der Waals surface area (Å²) in [6, 6.07) is 11.2. The molecule has 1 nitrogen and oxygen atoms in total. The Hall–Kier alpha value is -1.54. The van der Waals surface area contributed by atoms with Crippen LogP contribution >= 0.6 is 11.6 Å². The minimum absolute atomic E-state index is 0.152. The first kappa shape index (κ1) is 14.4. The number of halogens is 2. The summed E-state index contributed by atoms with van der Waals surface area (Å²) in [5.74, 6) is 0.782. The van der Waals surface area contributed by atoms with Gasteiger partial charge in [0.1, 0.15) is 11.6 Å². The smallest absolute Gasteiger partial charge is 0.130 e. The van der Waals surface area contributed by atoms with Crippen LogP contribution in [0.2, 0.25) is 5.02 Å². The number of hydrogen-bond donors (Lipinski definition) is 0. The molecular formula is C18H18ClFO. The van der Waals surface area contributed by atoms with E-state index >= 15 is 0 Å². The third kappa shape index (κ3) is 2.91. The van der Waals surface area contributed by atoms with Gasteiger partial charge >= 0.3 is 0 Å². The van der Waals surface area contributed by atoms with Gasteiger partial charge in [-0.25, -0.2) is 4.39 Å². The lowest BCUT2D eigenvalue weighted by molar-refractivity contribution is 0.259. The zero-order valence-corrected chi connectivity index (χ0v) is 12.8. The molecule has 1 aliphatic rings. The van der Waals surface area contributed by atoms with E-state index in [-0.39, 0.29) is 11.7 Å². The predicted octanol–water partition coefficient (Wildman–Crippen LogP) is 5.15. The summed E-state index contributed by atoms with van der Waals surface area (Å²) in [6.07, 6.45) is 2.52. The molecule has 0 unspecified atom stereocenters. The summed E-state index contributed by atoms with van der Waals surface area (Å²) < 4.78 is 20.1. The minimum Gasteiger partial charge on any atom is -0.493 e. The number of fused-ring (bicyclic) bond motifs is 1. The highest BCUT2D eigenvalue weighted by atomic mass is 35.5. The topological polar surface area (TPSA) is 9.23 Å². The molecule has 21 heavy (non-hydrogen) atoms. The molecule has 0 aliphatic carbocycles. The molecule has 2 aromatic carbocycles. The lowest BCUT2D eigenvalue weighted by Gasteiger charge is -2.28. The van der Waals surface area contributed by atoms with E-state index < -0.39 is 0 Å². The van der Waals surface area contributed by atoms with E-state index in [0.29, 0.717) is 6.61 Å².